The maximum Gasteiger partial charge on any atom is 0.322 e. The van der Waals surface area contributed by atoms with Crippen molar-refractivity contribution < 1.29 is 8.78 Å². The Morgan fingerprint density at radius 2 is 2.43 bits per heavy atom. The summed E-state index contributed by atoms with van der Waals surface area (Å²) in [6, 6.07) is -0.340. The van der Waals surface area contributed by atoms with Crippen LogP contribution in [-0.2, 0) is 7.05 Å². The third-order valence-corrected chi connectivity index (χ3v) is 3.21. The molecular formula is C7H8F2IN3O. The number of hydrogen-bond acceptors (Lipinski definition) is 3. The zero-order valence-electron chi connectivity index (χ0n) is 7.32. The van der Waals surface area contributed by atoms with Gasteiger partial charge in [-0.05, 0) is 26.8 Å². The fraction of sp³-hybridized carbons (Fsp3) is 0.429. The molecule has 0 amide bonds. The van der Waals surface area contributed by atoms with Gasteiger partial charge in [-0.15, -0.1) is 4.91 Å². The molecule has 7 heteroatoms. The van der Waals surface area contributed by atoms with Gasteiger partial charge < -0.3 is 0 Å². The molecule has 1 aromatic rings. The van der Waals surface area contributed by atoms with E-state index >= 15 is 0 Å². The summed E-state index contributed by atoms with van der Waals surface area (Å²) in [6.07, 6.45) is 1.49. The Hall–Kier alpha value is -0.730. The molecule has 1 unspecified atom stereocenters. The van der Waals surface area contributed by atoms with Gasteiger partial charge in [0, 0.05) is 13.2 Å². The first-order valence-electron chi connectivity index (χ1n) is 3.60. The maximum atomic E-state index is 13.2. The monoisotopic (exact) mass is 315 g/mol. The topological polar surface area (TPSA) is 47.2 Å². The summed E-state index contributed by atoms with van der Waals surface area (Å²) in [5, 5.41) is 6.15. The van der Waals surface area contributed by atoms with E-state index < -0.39 is 30.7 Å². The van der Waals surface area contributed by atoms with Crippen molar-refractivity contribution in [1.29, 1.82) is 0 Å². The summed E-state index contributed by atoms with van der Waals surface area (Å²) in [6.45, 7) is 0. The van der Waals surface area contributed by atoms with Gasteiger partial charge in [-0.3, -0.25) is 4.68 Å². The van der Waals surface area contributed by atoms with Crippen LogP contribution >= 0.6 is 20.7 Å². The Morgan fingerprint density at radius 1 is 1.79 bits per heavy atom. The minimum absolute atomic E-state index is 0.00384. The van der Waals surface area contributed by atoms with Crippen LogP contribution in [-0.4, -0.2) is 18.2 Å². The summed E-state index contributed by atoms with van der Waals surface area (Å²) in [5.74, 6) is 0. The standard InChI is InChI=1S/C7H8F2IN3O/c1-10-7(8,9)6(12-14)5-3-4-13(2)11-5/h3-4,6H,1H2,2H3. The minimum Gasteiger partial charge on any atom is -0.275 e. The molecule has 0 fully saturated rings. The fourth-order valence-corrected chi connectivity index (χ4v) is 1.78. The molecule has 0 saturated carbocycles. The van der Waals surface area contributed by atoms with Crippen molar-refractivity contribution in [2.75, 3.05) is 0 Å². The van der Waals surface area contributed by atoms with Crippen LogP contribution in [0.4, 0.5) is 8.78 Å². The second-order valence-electron chi connectivity index (χ2n) is 2.60. The highest BCUT2D eigenvalue weighted by Crippen LogP contribution is 2.41. The summed E-state index contributed by atoms with van der Waals surface area (Å²) in [7, 11) is 1.59. The molecule has 0 aromatic carbocycles. The van der Waals surface area contributed by atoms with E-state index in [9.17, 15) is 13.7 Å². The lowest BCUT2D eigenvalue weighted by molar-refractivity contribution is 0.0939. The Balaban J connectivity index is 3.04. The largest absolute Gasteiger partial charge is 0.322 e. The predicted molar refractivity (Wildman–Crippen MR) is 57.8 cm³/mol. The van der Waals surface area contributed by atoms with Crippen LogP contribution < -0.4 is 0 Å². The number of rotatable bonds is 4. The first kappa shape index (κ1) is 11.3. The first-order chi connectivity index (χ1) is 6.51. The third-order valence-electron chi connectivity index (χ3n) is 1.61. The molecule has 1 heterocycles. The van der Waals surface area contributed by atoms with E-state index in [2.05, 4.69) is 14.8 Å². The van der Waals surface area contributed by atoms with Crippen LogP contribution in [0.15, 0.2) is 17.4 Å². The number of halogens is 3. The van der Waals surface area contributed by atoms with Gasteiger partial charge in [0.1, 0.15) is 0 Å². The average molecular weight is 315 g/mol. The molecule has 0 bridgehead atoms. The molecular weight excluding hydrogens is 307 g/mol. The van der Waals surface area contributed by atoms with Crippen molar-refractivity contribution in [3.05, 3.63) is 22.9 Å². The average Bonchev–Trinajstić information content (AvgIpc) is 2.53. The number of alkyl halides is 3. The number of aryl methyl sites for hydroxylation is 1. The molecule has 0 aliphatic rings. The van der Waals surface area contributed by atoms with Gasteiger partial charge in [-0.1, -0.05) is 9.69 Å². The molecule has 0 aliphatic heterocycles. The third kappa shape index (κ3) is 2.20. The van der Waals surface area contributed by atoms with Gasteiger partial charge in [0.05, 0.1) is 5.69 Å². The van der Waals surface area contributed by atoms with Crippen molar-refractivity contribution in [3.63, 3.8) is 0 Å². The van der Waals surface area contributed by atoms with Crippen molar-refractivity contribution in [3.8, 4) is 0 Å². The molecule has 14 heavy (non-hydrogen) atoms. The number of aromatic nitrogens is 2. The van der Waals surface area contributed by atoms with Crippen molar-refractivity contribution >= 4 is 25.2 Å². The van der Waals surface area contributed by atoms with Gasteiger partial charge in [0.15, 0.2) is 0 Å². The highest BCUT2D eigenvalue weighted by molar-refractivity contribution is 14.2. The molecule has 0 saturated heterocycles. The van der Waals surface area contributed by atoms with Crippen molar-refractivity contribution in [2.45, 2.75) is 9.97 Å². The van der Waals surface area contributed by atoms with E-state index in [1.807, 2.05) is 0 Å². The Kier molecular flexibility index (Phi) is 3.40. The minimum atomic E-state index is -3.13. The summed E-state index contributed by atoms with van der Waals surface area (Å²) in [4.78, 5) is 10.3. The smallest absolute Gasteiger partial charge is 0.275 e. The van der Waals surface area contributed by atoms with Crippen LogP contribution in [0.25, 0.3) is 0 Å². The van der Waals surface area contributed by atoms with Gasteiger partial charge >= 0.3 is 3.93 Å². The van der Waals surface area contributed by atoms with E-state index in [4.69, 9.17) is 0 Å². The van der Waals surface area contributed by atoms with Crippen LogP contribution in [0.5, 0.6) is 0 Å². The zero-order valence-corrected chi connectivity index (χ0v) is 9.48. The Bertz CT molecular complexity index is 352. The zero-order chi connectivity index (χ0) is 10.8. The quantitative estimate of drug-likeness (QED) is 0.486. The number of hydrogen-bond donors (Lipinski definition) is 0. The molecule has 4 nitrogen and oxygen atoms in total. The van der Waals surface area contributed by atoms with Crippen LogP contribution in [0, 0.1) is 4.91 Å². The fourth-order valence-electron chi connectivity index (χ4n) is 0.933. The lowest BCUT2D eigenvalue weighted by Crippen LogP contribution is -2.18. The number of nitroso groups, excluding NO2 is 1. The predicted octanol–water partition coefficient (Wildman–Crippen LogP) is 2.22. The van der Waals surface area contributed by atoms with E-state index in [1.54, 1.807) is 7.05 Å². The van der Waals surface area contributed by atoms with E-state index in [0.29, 0.717) is 0 Å². The van der Waals surface area contributed by atoms with Crippen molar-refractivity contribution in [2.24, 2.45) is 12.2 Å². The molecule has 78 valence electrons. The van der Waals surface area contributed by atoms with Gasteiger partial charge in [0.25, 0.3) is 0 Å². The molecule has 0 spiro atoms. The number of nitrogens with zero attached hydrogens (tertiary/aromatic N) is 3. The molecule has 0 aliphatic carbocycles. The maximum absolute atomic E-state index is 13.2. The van der Waals surface area contributed by atoms with E-state index in [-0.39, 0.29) is 5.69 Å². The van der Waals surface area contributed by atoms with Crippen LogP contribution in [0.1, 0.15) is 11.7 Å². The first-order valence-corrected chi connectivity index (χ1v) is 6.21. The van der Waals surface area contributed by atoms with E-state index in [1.165, 1.54) is 16.9 Å². The van der Waals surface area contributed by atoms with E-state index in [0.717, 1.165) is 0 Å². The Morgan fingerprint density at radius 3 is 2.79 bits per heavy atom. The second kappa shape index (κ2) is 4.20. The lowest BCUT2D eigenvalue weighted by atomic mass is 10.2. The highest BCUT2D eigenvalue weighted by atomic mass is 127. The Labute approximate surface area is 89.0 Å². The van der Waals surface area contributed by atoms with Crippen molar-refractivity contribution in [1.82, 2.24) is 9.78 Å². The molecule has 1 rings (SSSR count). The summed E-state index contributed by atoms with van der Waals surface area (Å²) in [5.41, 5.74) is -0.00384. The molecule has 0 radical (unpaired) electrons. The van der Waals surface area contributed by atoms with Crippen LogP contribution in [0.2, 0.25) is 0 Å². The molecule has 1 aromatic heterocycles. The van der Waals surface area contributed by atoms with Gasteiger partial charge in [-0.2, -0.15) is 13.9 Å². The van der Waals surface area contributed by atoms with Gasteiger partial charge in [-0.25, -0.2) is 0 Å². The lowest BCUT2D eigenvalue weighted by Gasteiger charge is -2.14. The second-order valence-corrected chi connectivity index (χ2v) is 4.80. The highest BCUT2D eigenvalue weighted by Gasteiger charge is 2.41. The van der Waals surface area contributed by atoms with Crippen LogP contribution in [0.3, 0.4) is 0 Å². The van der Waals surface area contributed by atoms with Gasteiger partial charge in [0.2, 0.25) is 6.04 Å². The molecule has 1 atom stereocenters. The summed E-state index contributed by atoms with van der Waals surface area (Å²) >= 11 is -1.63. The molecule has 0 N–H and O–H groups in total. The summed E-state index contributed by atoms with van der Waals surface area (Å²) < 4.78 is 27.7. The normalized spacial score (nSPS) is 13.9. The SMILES string of the molecule is C=IC(F)(F)C(N=O)c1ccn(C)n1.